The largest absolute Gasteiger partial charge is 0.463 e. The first-order chi connectivity index (χ1) is 12.0. The first-order valence-electron chi connectivity index (χ1n) is 8.74. The van der Waals surface area contributed by atoms with E-state index in [9.17, 15) is 4.79 Å². The Bertz CT molecular complexity index is 742. The summed E-state index contributed by atoms with van der Waals surface area (Å²) in [7, 11) is 1.58. The topological polar surface area (TPSA) is 47.9 Å². The predicted molar refractivity (Wildman–Crippen MR) is 102 cm³/mol. The Balaban J connectivity index is 2.60. The molecule has 1 aliphatic rings. The van der Waals surface area contributed by atoms with E-state index in [1.54, 1.807) is 14.0 Å². The molecule has 0 bridgehead atoms. The van der Waals surface area contributed by atoms with Gasteiger partial charge >= 0.3 is 5.97 Å². The summed E-state index contributed by atoms with van der Waals surface area (Å²) in [4.78, 5) is 16.8. The molecule has 1 aromatic rings. The van der Waals surface area contributed by atoms with Crippen molar-refractivity contribution in [1.82, 2.24) is 0 Å². The lowest BCUT2D eigenvalue weighted by molar-refractivity contribution is -0.137. The summed E-state index contributed by atoms with van der Waals surface area (Å²) < 4.78 is 5.01. The standard InChI is InChI=1S/C21H27NO3/c1-6-25-19(23)11-10-17-13-14(2)12-16(4)20(17)21-15(3)8-7-9-18(21)22-24-5/h10-13H,6-9H2,1-5H3/b11-10+,22-18+. The first kappa shape index (κ1) is 19.0. The van der Waals surface area contributed by atoms with E-state index in [1.807, 2.05) is 6.08 Å². The van der Waals surface area contributed by atoms with Crippen LogP contribution < -0.4 is 0 Å². The Morgan fingerprint density at radius 1 is 1.24 bits per heavy atom. The van der Waals surface area contributed by atoms with Crippen LogP contribution in [0.3, 0.4) is 0 Å². The minimum Gasteiger partial charge on any atom is -0.463 e. The molecule has 0 heterocycles. The van der Waals surface area contributed by atoms with Gasteiger partial charge in [0.1, 0.15) is 7.11 Å². The number of rotatable bonds is 5. The number of ether oxygens (including phenoxy) is 1. The van der Waals surface area contributed by atoms with Crippen molar-refractivity contribution < 1.29 is 14.4 Å². The van der Waals surface area contributed by atoms with Gasteiger partial charge in [0, 0.05) is 11.6 Å². The number of esters is 1. The lowest BCUT2D eigenvalue weighted by atomic mass is 9.82. The Hall–Kier alpha value is -2.36. The highest BCUT2D eigenvalue weighted by molar-refractivity contribution is 6.26. The van der Waals surface area contributed by atoms with Crippen LogP contribution in [-0.2, 0) is 14.4 Å². The van der Waals surface area contributed by atoms with Crippen molar-refractivity contribution in [2.45, 2.75) is 47.0 Å². The fourth-order valence-corrected chi connectivity index (χ4v) is 3.40. The Labute approximate surface area is 150 Å². The van der Waals surface area contributed by atoms with E-state index >= 15 is 0 Å². The number of benzene rings is 1. The van der Waals surface area contributed by atoms with Crippen LogP contribution in [0, 0.1) is 13.8 Å². The fraction of sp³-hybridized carbons (Fsp3) is 0.429. The van der Waals surface area contributed by atoms with Gasteiger partial charge in [0.2, 0.25) is 0 Å². The Morgan fingerprint density at radius 2 is 2.00 bits per heavy atom. The average molecular weight is 341 g/mol. The quantitative estimate of drug-likeness (QED) is 0.437. The van der Waals surface area contributed by atoms with Crippen molar-refractivity contribution in [2.75, 3.05) is 13.7 Å². The lowest BCUT2D eigenvalue weighted by Gasteiger charge is -2.23. The van der Waals surface area contributed by atoms with Crippen LogP contribution in [0.4, 0.5) is 0 Å². The number of hydrogen-bond donors (Lipinski definition) is 0. The Morgan fingerprint density at radius 3 is 2.68 bits per heavy atom. The molecule has 0 amide bonds. The molecule has 134 valence electrons. The second kappa shape index (κ2) is 8.65. The van der Waals surface area contributed by atoms with Crippen LogP contribution in [0.5, 0.6) is 0 Å². The van der Waals surface area contributed by atoms with Gasteiger partial charge < -0.3 is 9.57 Å². The minimum absolute atomic E-state index is 0.326. The van der Waals surface area contributed by atoms with E-state index in [0.717, 1.165) is 47.2 Å². The fourth-order valence-electron chi connectivity index (χ4n) is 3.40. The highest BCUT2D eigenvalue weighted by Gasteiger charge is 2.22. The third-order valence-electron chi connectivity index (χ3n) is 4.33. The molecule has 0 fully saturated rings. The number of carbonyl (C=O) groups excluding carboxylic acids is 1. The van der Waals surface area contributed by atoms with Crippen molar-refractivity contribution in [1.29, 1.82) is 0 Å². The van der Waals surface area contributed by atoms with Gasteiger partial charge in [0.05, 0.1) is 12.3 Å². The maximum absolute atomic E-state index is 11.7. The molecule has 1 aromatic carbocycles. The zero-order chi connectivity index (χ0) is 18.4. The zero-order valence-electron chi connectivity index (χ0n) is 15.8. The zero-order valence-corrected chi connectivity index (χ0v) is 15.8. The van der Waals surface area contributed by atoms with Crippen molar-refractivity contribution in [3.63, 3.8) is 0 Å². The van der Waals surface area contributed by atoms with Gasteiger partial charge in [-0.05, 0) is 69.7 Å². The van der Waals surface area contributed by atoms with Crippen LogP contribution >= 0.6 is 0 Å². The van der Waals surface area contributed by atoms with E-state index in [2.05, 4.69) is 38.1 Å². The third kappa shape index (κ3) is 4.59. The molecule has 0 unspecified atom stereocenters. The average Bonchev–Trinajstić information content (AvgIpc) is 2.55. The molecule has 0 aliphatic heterocycles. The number of hydrogen-bond acceptors (Lipinski definition) is 4. The van der Waals surface area contributed by atoms with Crippen molar-refractivity contribution >= 4 is 23.3 Å². The smallest absolute Gasteiger partial charge is 0.330 e. The maximum Gasteiger partial charge on any atom is 0.330 e. The molecular formula is C21H27NO3. The van der Waals surface area contributed by atoms with E-state index in [1.165, 1.54) is 17.2 Å². The van der Waals surface area contributed by atoms with Crippen LogP contribution in [0.2, 0.25) is 0 Å². The molecule has 0 spiro atoms. The summed E-state index contributed by atoms with van der Waals surface area (Å²) in [5.74, 6) is -0.326. The second-order valence-electron chi connectivity index (χ2n) is 6.36. The molecule has 0 aromatic heterocycles. The normalized spacial score (nSPS) is 16.6. The monoisotopic (exact) mass is 341 g/mol. The Kier molecular flexibility index (Phi) is 6.57. The molecule has 0 saturated heterocycles. The highest BCUT2D eigenvalue weighted by Crippen LogP contribution is 2.35. The predicted octanol–water partition coefficient (Wildman–Crippen LogP) is 4.84. The van der Waals surface area contributed by atoms with E-state index in [0.29, 0.717) is 6.61 Å². The summed E-state index contributed by atoms with van der Waals surface area (Å²) in [5.41, 5.74) is 7.88. The van der Waals surface area contributed by atoms with Gasteiger partial charge in [0.25, 0.3) is 0 Å². The first-order valence-corrected chi connectivity index (χ1v) is 8.74. The van der Waals surface area contributed by atoms with Gasteiger partial charge in [-0.1, -0.05) is 28.4 Å². The molecule has 4 nitrogen and oxygen atoms in total. The molecule has 0 N–H and O–H groups in total. The van der Waals surface area contributed by atoms with E-state index in [4.69, 9.17) is 9.57 Å². The molecule has 0 atom stereocenters. The van der Waals surface area contributed by atoms with Crippen LogP contribution in [-0.4, -0.2) is 25.4 Å². The molecule has 4 heteroatoms. The molecule has 0 saturated carbocycles. The lowest BCUT2D eigenvalue weighted by Crippen LogP contribution is -2.13. The molecular weight excluding hydrogens is 314 g/mol. The van der Waals surface area contributed by atoms with Gasteiger partial charge in [0.15, 0.2) is 0 Å². The molecule has 1 aliphatic carbocycles. The second-order valence-corrected chi connectivity index (χ2v) is 6.36. The number of oxime groups is 1. The van der Waals surface area contributed by atoms with Crippen LogP contribution in [0.15, 0.2) is 28.9 Å². The summed E-state index contributed by atoms with van der Waals surface area (Å²) in [6.45, 7) is 8.49. The van der Waals surface area contributed by atoms with Crippen LogP contribution in [0.25, 0.3) is 11.6 Å². The van der Waals surface area contributed by atoms with Crippen LogP contribution in [0.1, 0.15) is 55.4 Å². The SMILES string of the molecule is CCOC(=O)/C=C/c1cc(C)cc(C)c1C1=C(C)CCC/C1=N\OC. The molecule has 25 heavy (non-hydrogen) atoms. The summed E-state index contributed by atoms with van der Waals surface area (Å²) in [6, 6.07) is 4.26. The maximum atomic E-state index is 11.7. The molecule has 2 rings (SSSR count). The van der Waals surface area contributed by atoms with Gasteiger partial charge in [-0.3, -0.25) is 0 Å². The summed E-state index contributed by atoms with van der Waals surface area (Å²) >= 11 is 0. The van der Waals surface area contributed by atoms with E-state index < -0.39 is 0 Å². The van der Waals surface area contributed by atoms with Crippen molar-refractivity contribution in [2.24, 2.45) is 5.16 Å². The number of carbonyl (C=O) groups is 1. The van der Waals surface area contributed by atoms with Crippen molar-refractivity contribution in [3.8, 4) is 0 Å². The summed E-state index contributed by atoms with van der Waals surface area (Å²) in [5, 5.41) is 4.26. The third-order valence-corrected chi connectivity index (χ3v) is 4.33. The number of allylic oxidation sites excluding steroid dienone is 2. The van der Waals surface area contributed by atoms with Gasteiger partial charge in [-0.2, -0.15) is 0 Å². The highest BCUT2D eigenvalue weighted by atomic mass is 16.6. The minimum atomic E-state index is -0.326. The number of nitrogens with zero attached hydrogens (tertiary/aromatic N) is 1. The van der Waals surface area contributed by atoms with Gasteiger partial charge in [-0.25, -0.2) is 4.79 Å². The van der Waals surface area contributed by atoms with Crippen molar-refractivity contribution in [3.05, 3.63) is 46.0 Å². The van der Waals surface area contributed by atoms with Gasteiger partial charge in [-0.15, -0.1) is 0 Å². The number of aryl methyl sites for hydroxylation is 2. The van der Waals surface area contributed by atoms with E-state index in [-0.39, 0.29) is 5.97 Å². The molecule has 0 radical (unpaired) electrons. The summed E-state index contributed by atoms with van der Waals surface area (Å²) in [6.07, 6.45) is 6.36.